The zero-order chi connectivity index (χ0) is 12.5. The summed E-state index contributed by atoms with van der Waals surface area (Å²) in [6.07, 6.45) is 1.27. The van der Waals surface area contributed by atoms with Gasteiger partial charge in [0.05, 0.1) is 6.04 Å². The van der Waals surface area contributed by atoms with Crippen LogP contribution in [0.1, 0.15) is 43.9 Å². The summed E-state index contributed by atoms with van der Waals surface area (Å²) < 4.78 is 0. The van der Waals surface area contributed by atoms with Gasteiger partial charge in [0.15, 0.2) is 0 Å². The highest BCUT2D eigenvalue weighted by Gasteiger charge is 2.29. The van der Waals surface area contributed by atoms with Gasteiger partial charge in [0.1, 0.15) is 5.01 Å². The Hall–Kier alpha value is -0.0600. The SMILES string of the molecule is Cc1csc(C(C)NC2CSCC(C)(C)C2)n1. The van der Waals surface area contributed by atoms with E-state index in [0.717, 1.165) is 5.69 Å². The second-order valence-electron chi connectivity index (χ2n) is 5.80. The first-order chi connectivity index (χ1) is 7.96. The summed E-state index contributed by atoms with van der Waals surface area (Å²) in [5, 5.41) is 7.08. The van der Waals surface area contributed by atoms with E-state index in [2.05, 4.69) is 55.1 Å². The Morgan fingerprint density at radius 1 is 1.53 bits per heavy atom. The van der Waals surface area contributed by atoms with Crippen molar-refractivity contribution in [2.45, 2.75) is 46.2 Å². The van der Waals surface area contributed by atoms with E-state index in [4.69, 9.17) is 0 Å². The summed E-state index contributed by atoms with van der Waals surface area (Å²) in [5.74, 6) is 2.52. The van der Waals surface area contributed by atoms with Crippen LogP contribution in [0.15, 0.2) is 5.38 Å². The lowest BCUT2D eigenvalue weighted by molar-refractivity contribution is 0.305. The van der Waals surface area contributed by atoms with E-state index in [1.807, 2.05) is 0 Å². The van der Waals surface area contributed by atoms with Crippen LogP contribution in [-0.2, 0) is 0 Å². The van der Waals surface area contributed by atoms with Crippen molar-refractivity contribution in [3.05, 3.63) is 16.1 Å². The van der Waals surface area contributed by atoms with Crippen molar-refractivity contribution >= 4 is 23.1 Å². The second-order valence-corrected chi connectivity index (χ2v) is 7.72. The highest BCUT2D eigenvalue weighted by molar-refractivity contribution is 7.99. The molecule has 2 nitrogen and oxygen atoms in total. The summed E-state index contributed by atoms with van der Waals surface area (Å²) in [6.45, 7) is 9.02. The van der Waals surface area contributed by atoms with Gasteiger partial charge in [-0.2, -0.15) is 11.8 Å². The van der Waals surface area contributed by atoms with E-state index >= 15 is 0 Å². The summed E-state index contributed by atoms with van der Waals surface area (Å²) in [7, 11) is 0. The molecule has 17 heavy (non-hydrogen) atoms. The van der Waals surface area contributed by atoms with Gasteiger partial charge in [0, 0.05) is 22.9 Å². The van der Waals surface area contributed by atoms with E-state index in [1.54, 1.807) is 11.3 Å². The van der Waals surface area contributed by atoms with E-state index in [0.29, 0.717) is 17.5 Å². The molecule has 0 spiro atoms. The van der Waals surface area contributed by atoms with Gasteiger partial charge in [0.2, 0.25) is 0 Å². The Balaban J connectivity index is 1.92. The van der Waals surface area contributed by atoms with Crippen molar-refractivity contribution < 1.29 is 0 Å². The minimum absolute atomic E-state index is 0.383. The third-order valence-corrected chi connectivity index (χ3v) is 5.87. The van der Waals surface area contributed by atoms with Gasteiger partial charge in [-0.15, -0.1) is 11.3 Å². The van der Waals surface area contributed by atoms with Gasteiger partial charge in [-0.25, -0.2) is 4.98 Å². The molecule has 2 rings (SSSR count). The fourth-order valence-corrected chi connectivity index (χ4v) is 4.47. The molecule has 1 aromatic rings. The van der Waals surface area contributed by atoms with Crippen molar-refractivity contribution in [2.75, 3.05) is 11.5 Å². The lowest BCUT2D eigenvalue weighted by Crippen LogP contribution is -2.41. The van der Waals surface area contributed by atoms with Crippen molar-refractivity contribution in [2.24, 2.45) is 5.41 Å². The maximum Gasteiger partial charge on any atom is 0.110 e. The van der Waals surface area contributed by atoms with E-state index in [1.165, 1.54) is 22.9 Å². The molecule has 1 aliphatic heterocycles. The summed E-state index contributed by atoms with van der Waals surface area (Å²) in [4.78, 5) is 4.56. The Labute approximate surface area is 113 Å². The third-order valence-electron chi connectivity index (χ3n) is 3.10. The van der Waals surface area contributed by atoms with Crippen LogP contribution in [-0.4, -0.2) is 22.5 Å². The molecule has 0 radical (unpaired) electrons. The van der Waals surface area contributed by atoms with Crippen molar-refractivity contribution in [3.8, 4) is 0 Å². The van der Waals surface area contributed by atoms with Crippen LogP contribution < -0.4 is 5.32 Å². The fourth-order valence-electron chi connectivity index (χ4n) is 2.37. The van der Waals surface area contributed by atoms with Gasteiger partial charge >= 0.3 is 0 Å². The predicted octanol–water partition coefficient (Wildman–Crippen LogP) is 3.63. The molecule has 0 amide bonds. The van der Waals surface area contributed by atoms with Crippen molar-refractivity contribution in [3.63, 3.8) is 0 Å². The van der Waals surface area contributed by atoms with Gasteiger partial charge in [-0.05, 0) is 31.4 Å². The van der Waals surface area contributed by atoms with E-state index in [-0.39, 0.29) is 0 Å². The molecule has 4 heteroatoms. The summed E-state index contributed by atoms with van der Waals surface area (Å²) in [5.41, 5.74) is 1.61. The molecular weight excluding hydrogens is 248 g/mol. The minimum Gasteiger partial charge on any atom is -0.305 e. The molecule has 2 heterocycles. The molecule has 0 aliphatic carbocycles. The number of aromatic nitrogens is 1. The molecule has 1 fully saturated rings. The van der Waals surface area contributed by atoms with Crippen LogP contribution >= 0.6 is 23.1 Å². The number of nitrogens with zero attached hydrogens (tertiary/aromatic N) is 1. The van der Waals surface area contributed by atoms with E-state index < -0.39 is 0 Å². The third kappa shape index (κ3) is 3.70. The first-order valence-electron chi connectivity index (χ1n) is 6.22. The molecule has 1 saturated heterocycles. The number of hydrogen-bond acceptors (Lipinski definition) is 4. The zero-order valence-corrected chi connectivity index (χ0v) is 12.8. The van der Waals surface area contributed by atoms with Crippen LogP contribution in [0.25, 0.3) is 0 Å². The summed E-state index contributed by atoms with van der Waals surface area (Å²) >= 11 is 3.84. The molecule has 96 valence electrons. The molecule has 2 unspecified atom stereocenters. The lowest BCUT2D eigenvalue weighted by Gasteiger charge is -2.36. The van der Waals surface area contributed by atoms with Gasteiger partial charge in [-0.3, -0.25) is 0 Å². The quantitative estimate of drug-likeness (QED) is 0.908. The standard InChI is InChI=1S/C13H22N2S2/c1-9-6-17-12(14-9)10(2)15-11-5-13(3,4)8-16-7-11/h6,10-11,15H,5,7-8H2,1-4H3. The highest BCUT2D eigenvalue weighted by atomic mass is 32.2. The van der Waals surface area contributed by atoms with Crippen molar-refractivity contribution in [1.29, 1.82) is 0 Å². The maximum atomic E-state index is 4.56. The number of aryl methyl sites for hydroxylation is 1. The van der Waals surface area contributed by atoms with Crippen LogP contribution in [0.4, 0.5) is 0 Å². The smallest absolute Gasteiger partial charge is 0.110 e. The topological polar surface area (TPSA) is 24.9 Å². The van der Waals surface area contributed by atoms with Gasteiger partial charge in [0.25, 0.3) is 0 Å². The maximum absolute atomic E-state index is 4.56. The van der Waals surface area contributed by atoms with Crippen LogP contribution in [0.2, 0.25) is 0 Å². The number of thiazole rings is 1. The molecule has 1 N–H and O–H groups in total. The van der Waals surface area contributed by atoms with Crippen LogP contribution in [0.3, 0.4) is 0 Å². The van der Waals surface area contributed by atoms with Gasteiger partial charge in [-0.1, -0.05) is 13.8 Å². The Bertz CT molecular complexity index is 373. The van der Waals surface area contributed by atoms with Crippen molar-refractivity contribution in [1.82, 2.24) is 10.3 Å². The predicted molar refractivity (Wildman–Crippen MR) is 77.9 cm³/mol. The number of thioether (sulfide) groups is 1. The average molecular weight is 270 g/mol. The molecule has 1 aliphatic rings. The normalized spacial score (nSPS) is 25.8. The number of nitrogens with one attached hydrogen (secondary N) is 1. The molecule has 0 bridgehead atoms. The largest absolute Gasteiger partial charge is 0.305 e. The zero-order valence-electron chi connectivity index (χ0n) is 11.1. The van der Waals surface area contributed by atoms with E-state index in [9.17, 15) is 0 Å². The first-order valence-corrected chi connectivity index (χ1v) is 8.25. The lowest BCUT2D eigenvalue weighted by atomic mass is 9.87. The summed E-state index contributed by atoms with van der Waals surface area (Å²) in [6, 6.07) is 1.01. The fraction of sp³-hybridized carbons (Fsp3) is 0.769. The molecular formula is C13H22N2S2. The van der Waals surface area contributed by atoms with Gasteiger partial charge < -0.3 is 5.32 Å². The first kappa shape index (κ1) is 13.4. The Morgan fingerprint density at radius 3 is 2.88 bits per heavy atom. The number of rotatable bonds is 3. The molecule has 0 aromatic carbocycles. The second kappa shape index (κ2) is 5.29. The monoisotopic (exact) mass is 270 g/mol. The Morgan fingerprint density at radius 2 is 2.29 bits per heavy atom. The highest BCUT2D eigenvalue weighted by Crippen LogP contribution is 2.34. The van der Waals surface area contributed by atoms with Crippen LogP contribution in [0, 0.1) is 12.3 Å². The molecule has 0 saturated carbocycles. The Kier molecular flexibility index (Phi) is 4.16. The molecule has 2 atom stereocenters. The average Bonchev–Trinajstić information content (AvgIpc) is 2.63. The van der Waals surface area contributed by atoms with Crippen LogP contribution in [0.5, 0.6) is 0 Å². The number of hydrogen-bond donors (Lipinski definition) is 1. The minimum atomic E-state index is 0.383. The molecule has 1 aromatic heterocycles.